The predicted molar refractivity (Wildman–Crippen MR) is 120 cm³/mol. The summed E-state index contributed by atoms with van der Waals surface area (Å²) in [5.41, 5.74) is 2.21. The van der Waals surface area contributed by atoms with E-state index in [1.807, 2.05) is 0 Å². The van der Waals surface area contributed by atoms with Crippen molar-refractivity contribution in [2.75, 3.05) is 19.6 Å². The highest BCUT2D eigenvalue weighted by Gasteiger charge is 2.36. The Morgan fingerprint density at radius 3 is 2.29 bits per heavy atom. The molecule has 0 bridgehead atoms. The second kappa shape index (κ2) is 9.83. The van der Waals surface area contributed by atoms with Crippen LogP contribution in [0.1, 0.15) is 34.0 Å². The molecule has 6 nitrogen and oxygen atoms in total. The third kappa shape index (κ3) is 4.61. The van der Waals surface area contributed by atoms with Crippen molar-refractivity contribution in [2.24, 2.45) is 5.10 Å². The van der Waals surface area contributed by atoms with E-state index in [9.17, 15) is 22.4 Å². The Labute approximate surface area is 202 Å². The highest BCUT2D eigenvalue weighted by atomic mass is 35.5. The molecule has 0 unspecified atom stereocenters. The van der Waals surface area contributed by atoms with E-state index < -0.39 is 41.0 Å². The Morgan fingerprint density at radius 1 is 1.03 bits per heavy atom. The molecule has 35 heavy (non-hydrogen) atoms. The van der Waals surface area contributed by atoms with Crippen LogP contribution in [0.5, 0.6) is 11.5 Å². The van der Waals surface area contributed by atoms with E-state index in [2.05, 4.69) is 10.5 Å². The number of halogens is 5. The number of anilines is 1. The molecule has 1 atom stereocenters. The van der Waals surface area contributed by atoms with Crippen LogP contribution in [0.4, 0.5) is 23.2 Å². The third-order valence-corrected chi connectivity index (χ3v) is 5.60. The summed E-state index contributed by atoms with van der Waals surface area (Å²) in [5, 5.41) is 4.42. The van der Waals surface area contributed by atoms with Crippen LogP contribution in [0.25, 0.3) is 0 Å². The van der Waals surface area contributed by atoms with E-state index in [0.29, 0.717) is 21.9 Å². The number of benzene rings is 3. The van der Waals surface area contributed by atoms with E-state index in [-0.39, 0.29) is 29.5 Å². The zero-order valence-corrected chi connectivity index (χ0v) is 19.1. The first-order valence-electron chi connectivity index (χ1n) is 10.1. The molecular formula is C24H17ClF4N2O4. The normalized spacial score (nSPS) is 15.0. The largest absolute Gasteiger partial charge is 0.493 e. The third-order valence-electron chi connectivity index (χ3n) is 5.35. The van der Waals surface area contributed by atoms with Crippen molar-refractivity contribution < 1.29 is 36.6 Å². The van der Waals surface area contributed by atoms with Crippen molar-refractivity contribution in [2.45, 2.75) is 12.5 Å². The summed E-state index contributed by atoms with van der Waals surface area (Å²) < 4.78 is 71.5. The maximum absolute atomic E-state index is 14.1. The van der Waals surface area contributed by atoms with Crippen LogP contribution >= 0.6 is 11.6 Å². The summed E-state index contributed by atoms with van der Waals surface area (Å²) in [6, 6.07) is 9.58. The Balaban J connectivity index is 1.74. The van der Waals surface area contributed by atoms with Gasteiger partial charge in [-0.25, -0.2) is 22.4 Å². The van der Waals surface area contributed by atoms with Crippen molar-refractivity contribution in [1.82, 2.24) is 0 Å². The van der Waals surface area contributed by atoms with E-state index in [0.717, 1.165) is 0 Å². The quantitative estimate of drug-likeness (QED) is 0.139. The van der Waals surface area contributed by atoms with Gasteiger partial charge in [-0.3, -0.25) is 5.43 Å². The molecule has 0 amide bonds. The Bertz CT molecular complexity index is 1310. The van der Waals surface area contributed by atoms with E-state index in [4.69, 9.17) is 25.8 Å². The minimum atomic E-state index is -1.64. The van der Waals surface area contributed by atoms with Crippen molar-refractivity contribution in [3.8, 4) is 11.5 Å². The number of carbonyl (C=O) groups excluding carboxylic acids is 1. The molecule has 0 aliphatic carbocycles. The number of fused-ring (bicyclic) bond motifs is 1. The number of hydrogen-bond donors (Lipinski definition) is 1. The van der Waals surface area contributed by atoms with Gasteiger partial charge < -0.3 is 14.2 Å². The molecule has 1 aliphatic heterocycles. The first-order valence-corrected chi connectivity index (χ1v) is 10.5. The molecule has 1 aliphatic rings. The lowest BCUT2D eigenvalue weighted by Gasteiger charge is -2.15. The SMILES string of the molecule is COc1ccc2c(c1OC)C(=O)O[C@@H]2C/C(=N\Nc1c(F)c(F)cc(F)c1F)c1ccc(Cl)cc1. The number of rotatable bonds is 7. The molecule has 182 valence electrons. The minimum Gasteiger partial charge on any atom is -0.493 e. The van der Waals surface area contributed by atoms with Gasteiger partial charge in [0, 0.05) is 23.1 Å². The van der Waals surface area contributed by atoms with Crippen LogP contribution in [-0.2, 0) is 4.74 Å². The summed E-state index contributed by atoms with van der Waals surface area (Å²) in [6.07, 6.45) is -0.920. The van der Waals surface area contributed by atoms with Gasteiger partial charge in [-0.05, 0) is 23.8 Å². The highest BCUT2D eigenvalue weighted by Crippen LogP contribution is 2.43. The van der Waals surface area contributed by atoms with E-state index in [1.54, 1.807) is 36.4 Å². The fourth-order valence-electron chi connectivity index (χ4n) is 3.66. The van der Waals surface area contributed by atoms with Crippen LogP contribution in [-0.4, -0.2) is 25.9 Å². The number of cyclic esters (lactones) is 1. The van der Waals surface area contributed by atoms with Crippen molar-refractivity contribution in [3.05, 3.63) is 87.4 Å². The number of esters is 1. The summed E-state index contributed by atoms with van der Waals surface area (Å²) >= 11 is 5.95. The maximum Gasteiger partial charge on any atom is 0.343 e. The number of hydrogen-bond acceptors (Lipinski definition) is 6. The summed E-state index contributed by atoms with van der Waals surface area (Å²) in [4.78, 5) is 12.6. The fourth-order valence-corrected chi connectivity index (χ4v) is 3.79. The van der Waals surface area contributed by atoms with Crippen LogP contribution in [0.2, 0.25) is 5.02 Å². The molecule has 1 N–H and O–H groups in total. The Morgan fingerprint density at radius 2 is 1.69 bits per heavy atom. The van der Waals surface area contributed by atoms with Crippen molar-refractivity contribution in [1.29, 1.82) is 0 Å². The van der Waals surface area contributed by atoms with Gasteiger partial charge in [0.15, 0.2) is 34.8 Å². The predicted octanol–water partition coefficient (Wildman–Crippen LogP) is 6.03. The van der Waals surface area contributed by atoms with Crippen molar-refractivity contribution >= 4 is 29.0 Å². The molecule has 4 rings (SSSR count). The fraction of sp³-hybridized carbons (Fsp3) is 0.167. The summed E-state index contributed by atoms with van der Waals surface area (Å²) in [6.45, 7) is 0. The molecule has 0 fully saturated rings. The van der Waals surface area contributed by atoms with Crippen molar-refractivity contribution in [3.63, 3.8) is 0 Å². The first-order chi connectivity index (χ1) is 16.7. The van der Waals surface area contributed by atoms with Crippen LogP contribution in [0.15, 0.2) is 47.6 Å². The van der Waals surface area contributed by atoms with Gasteiger partial charge in [0.2, 0.25) is 0 Å². The molecule has 0 saturated carbocycles. The number of ether oxygens (including phenoxy) is 3. The second-order valence-electron chi connectivity index (χ2n) is 7.38. The molecule has 1 heterocycles. The number of hydrazone groups is 1. The lowest BCUT2D eigenvalue weighted by molar-refractivity contribution is 0.0398. The Kier molecular flexibility index (Phi) is 6.83. The molecule has 0 saturated heterocycles. The van der Waals surface area contributed by atoms with E-state index >= 15 is 0 Å². The highest BCUT2D eigenvalue weighted by molar-refractivity contribution is 6.30. The lowest BCUT2D eigenvalue weighted by atomic mass is 9.97. The zero-order valence-electron chi connectivity index (χ0n) is 18.3. The topological polar surface area (TPSA) is 69.2 Å². The van der Waals surface area contributed by atoms with Crippen LogP contribution in [0, 0.1) is 23.3 Å². The average molecular weight is 509 g/mol. The Hall–Kier alpha value is -3.79. The van der Waals surface area contributed by atoms with Crippen LogP contribution < -0.4 is 14.9 Å². The molecule has 0 spiro atoms. The monoisotopic (exact) mass is 508 g/mol. The average Bonchev–Trinajstić information content (AvgIpc) is 3.17. The van der Waals surface area contributed by atoms with Gasteiger partial charge in [0.25, 0.3) is 0 Å². The van der Waals surface area contributed by atoms with Gasteiger partial charge in [-0.2, -0.15) is 5.10 Å². The molecular weight excluding hydrogens is 492 g/mol. The summed E-state index contributed by atoms with van der Waals surface area (Å²) in [7, 11) is 2.80. The zero-order chi connectivity index (χ0) is 25.3. The minimum absolute atomic E-state index is 0.0656. The van der Waals surface area contributed by atoms with Crippen LogP contribution in [0.3, 0.4) is 0 Å². The number of carbonyl (C=O) groups is 1. The molecule has 0 radical (unpaired) electrons. The number of nitrogens with zero attached hydrogens (tertiary/aromatic N) is 1. The first kappa shape index (κ1) is 24.3. The molecule has 3 aromatic rings. The van der Waals surface area contributed by atoms with E-state index in [1.165, 1.54) is 14.2 Å². The second-order valence-corrected chi connectivity index (χ2v) is 7.82. The van der Waals surface area contributed by atoms with Gasteiger partial charge in [-0.1, -0.05) is 29.8 Å². The van der Waals surface area contributed by atoms with Gasteiger partial charge in [0.05, 0.1) is 19.9 Å². The maximum atomic E-state index is 14.1. The number of methoxy groups -OCH3 is 2. The smallest absolute Gasteiger partial charge is 0.343 e. The van der Waals surface area contributed by atoms with Gasteiger partial charge in [-0.15, -0.1) is 0 Å². The van der Waals surface area contributed by atoms with Gasteiger partial charge in [0.1, 0.15) is 17.4 Å². The standard InChI is InChI=1S/C24H17ClF4N2O4/c1-33-17-8-7-13-18(35-24(32)19(13)23(17)34-2)10-16(11-3-5-12(25)6-4-11)30-31-22-20(28)14(26)9-15(27)21(22)29/h3-9,18,31H,10H2,1-2H3/b30-16+/t18-/m1/s1. The summed E-state index contributed by atoms with van der Waals surface area (Å²) in [5.74, 6) is -6.59. The molecule has 0 aromatic heterocycles. The lowest BCUT2D eigenvalue weighted by Crippen LogP contribution is -2.12. The number of nitrogens with one attached hydrogen (secondary N) is 1. The van der Waals surface area contributed by atoms with Gasteiger partial charge >= 0.3 is 5.97 Å². The molecule has 11 heteroatoms. The molecule has 3 aromatic carbocycles.